The smallest absolute Gasteiger partial charge is 0.0716 e. The van der Waals surface area contributed by atoms with Crippen LogP contribution in [0.3, 0.4) is 0 Å². The highest BCUT2D eigenvalue weighted by atomic mass is 15.0. The second kappa shape index (κ2) is 4.65. The van der Waals surface area contributed by atoms with Crippen LogP contribution in [-0.4, -0.2) is 4.57 Å². The summed E-state index contributed by atoms with van der Waals surface area (Å²) in [7, 11) is 2.06. The van der Waals surface area contributed by atoms with Gasteiger partial charge in [-0.3, -0.25) is 0 Å². The van der Waals surface area contributed by atoms with Crippen LogP contribution in [0.4, 0.5) is 5.69 Å². The van der Waals surface area contributed by atoms with Crippen LogP contribution in [0, 0.1) is 0 Å². The average Bonchev–Trinajstić information content (AvgIpc) is 2.76. The zero-order chi connectivity index (χ0) is 13.2. The molecule has 3 rings (SSSR count). The molecule has 2 heteroatoms. The van der Waals surface area contributed by atoms with Crippen molar-refractivity contribution in [1.82, 2.24) is 4.57 Å². The molecule has 0 amide bonds. The number of nitrogens with zero attached hydrogens (tertiary/aromatic N) is 1. The van der Waals surface area contributed by atoms with Crippen LogP contribution in [0.1, 0.15) is 0 Å². The minimum atomic E-state index is 0.813. The molecule has 0 aliphatic carbocycles. The van der Waals surface area contributed by atoms with E-state index in [0.29, 0.717) is 0 Å². The van der Waals surface area contributed by atoms with Gasteiger partial charge < -0.3 is 10.3 Å². The van der Waals surface area contributed by atoms with E-state index in [1.807, 2.05) is 42.5 Å². The minimum absolute atomic E-state index is 0.813. The number of hydrogen-bond acceptors (Lipinski definition) is 1. The highest BCUT2D eigenvalue weighted by Crippen LogP contribution is 2.33. The summed E-state index contributed by atoms with van der Waals surface area (Å²) in [6.45, 7) is 0. The molecule has 0 saturated heterocycles. The number of anilines is 1. The molecule has 0 atom stereocenters. The van der Waals surface area contributed by atoms with Crippen LogP contribution in [0.25, 0.3) is 22.5 Å². The predicted molar refractivity (Wildman–Crippen MR) is 80.7 cm³/mol. The van der Waals surface area contributed by atoms with Gasteiger partial charge in [-0.1, -0.05) is 60.7 Å². The third-order valence-electron chi connectivity index (χ3n) is 3.38. The summed E-state index contributed by atoms with van der Waals surface area (Å²) in [6, 6.07) is 22.6. The van der Waals surface area contributed by atoms with Gasteiger partial charge in [0.25, 0.3) is 0 Å². The highest BCUT2D eigenvalue weighted by molar-refractivity contribution is 5.80. The minimum Gasteiger partial charge on any atom is -0.397 e. The molecule has 2 nitrogen and oxygen atoms in total. The molecule has 1 aromatic heterocycles. The van der Waals surface area contributed by atoms with E-state index in [4.69, 9.17) is 5.73 Å². The standard InChI is InChI=1S/C17H16N2/c1-19-16(13-8-4-2-5-9-13)12-15(18)17(19)14-10-6-3-7-11-14/h2-12H,18H2,1H3. The van der Waals surface area contributed by atoms with Crippen molar-refractivity contribution >= 4 is 5.69 Å². The first kappa shape index (κ1) is 11.6. The van der Waals surface area contributed by atoms with Crippen LogP contribution >= 0.6 is 0 Å². The van der Waals surface area contributed by atoms with Crippen molar-refractivity contribution in [3.8, 4) is 22.5 Å². The summed E-state index contributed by atoms with van der Waals surface area (Å²) in [5.74, 6) is 0. The quantitative estimate of drug-likeness (QED) is 0.731. The zero-order valence-corrected chi connectivity index (χ0v) is 10.9. The number of nitrogen functional groups attached to an aromatic ring is 1. The Hall–Kier alpha value is -2.48. The monoisotopic (exact) mass is 248 g/mol. The first-order chi connectivity index (χ1) is 9.27. The molecule has 0 spiro atoms. The Bertz CT molecular complexity index is 682. The molecule has 0 bridgehead atoms. The van der Waals surface area contributed by atoms with Gasteiger partial charge in [0.05, 0.1) is 17.1 Å². The predicted octanol–water partition coefficient (Wildman–Crippen LogP) is 3.94. The van der Waals surface area contributed by atoms with Crippen molar-refractivity contribution in [1.29, 1.82) is 0 Å². The van der Waals surface area contributed by atoms with Crippen LogP contribution in [0.5, 0.6) is 0 Å². The number of nitrogens with two attached hydrogens (primary N) is 1. The molecule has 0 unspecified atom stereocenters. The Balaban J connectivity index is 2.17. The number of hydrogen-bond donors (Lipinski definition) is 1. The lowest BCUT2D eigenvalue weighted by molar-refractivity contribution is 0.947. The summed E-state index contributed by atoms with van der Waals surface area (Å²) in [6.07, 6.45) is 0. The van der Waals surface area contributed by atoms with E-state index in [0.717, 1.165) is 22.6 Å². The Morgan fingerprint density at radius 3 is 1.89 bits per heavy atom. The lowest BCUT2D eigenvalue weighted by Crippen LogP contribution is -1.96. The summed E-state index contributed by atoms with van der Waals surface area (Å²) in [5.41, 5.74) is 11.5. The van der Waals surface area contributed by atoms with Crippen LogP contribution in [0.2, 0.25) is 0 Å². The molecule has 94 valence electrons. The normalized spacial score (nSPS) is 10.6. The van der Waals surface area contributed by atoms with Gasteiger partial charge in [-0.15, -0.1) is 0 Å². The summed E-state index contributed by atoms with van der Waals surface area (Å²) in [5, 5.41) is 0. The maximum absolute atomic E-state index is 6.19. The van der Waals surface area contributed by atoms with Crippen LogP contribution in [0.15, 0.2) is 66.7 Å². The van der Waals surface area contributed by atoms with Crippen molar-refractivity contribution in [3.63, 3.8) is 0 Å². The van der Waals surface area contributed by atoms with E-state index in [-0.39, 0.29) is 0 Å². The van der Waals surface area contributed by atoms with Gasteiger partial charge in [-0.05, 0) is 11.6 Å². The zero-order valence-electron chi connectivity index (χ0n) is 10.9. The Kier molecular flexibility index (Phi) is 2.84. The SMILES string of the molecule is Cn1c(-c2ccccc2)cc(N)c1-c1ccccc1. The number of benzene rings is 2. The van der Waals surface area contributed by atoms with Crippen LogP contribution in [-0.2, 0) is 7.05 Å². The molecule has 2 aromatic carbocycles. The largest absolute Gasteiger partial charge is 0.397 e. The second-order valence-corrected chi connectivity index (χ2v) is 4.62. The molecule has 1 heterocycles. The molecule has 0 aliphatic rings. The van der Waals surface area contributed by atoms with E-state index in [1.54, 1.807) is 0 Å². The molecular formula is C17H16N2. The average molecular weight is 248 g/mol. The second-order valence-electron chi connectivity index (χ2n) is 4.62. The van der Waals surface area contributed by atoms with Crippen LogP contribution < -0.4 is 5.73 Å². The van der Waals surface area contributed by atoms with Gasteiger partial charge in [0.1, 0.15) is 0 Å². The maximum Gasteiger partial charge on any atom is 0.0716 e. The van der Waals surface area contributed by atoms with E-state index in [1.165, 1.54) is 5.56 Å². The molecule has 0 fully saturated rings. The fraction of sp³-hybridized carbons (Fsp3) is 0.0588. The summed E-state index contributed by atoms with van der Waals surface area (Å²) >= 11 is 0. The van der Waals surface area contributed by atoms with Crippen molar-refractivity contribution in [2.24, 2.45) is 7.05 Å². The molecular weight excluding hydrogens is 232 g/mol. The van der Waals surface area contributed by atoms with E-state index in [9.17, 15) is 0 Å². The number of rotatable bonds is 2. The molecule has 3 aromatic rings. The lowest BCUT2D eigenvalue weighted by Gasteiger charge is -2.08. The molecule has 0 aliphatic heterocycles. The van der Waals surface area contributed by atoms with Gasteiger partial charge >= 0.3 is 0 Å². The number of aromatic nitrogens is 1. The molecule has 0 radical (unpaired) electrons. The lowest BCUT2D eigenvalue weighted by atomic mass is 10.1. The first-order valence-corrected chi connectivity index (χ1v) is 6.33. The summed E-state index contributed by atoms with van der Waals surface area (Å²) < 4.78 is 2.15. The molecule has 19 heavy (non-hydrogen) atoms. The van der Waals surface area contributed by atoms with Crippen molar-refractivity contribution in [2.45, 2.75) is 0 Å². The summed E-state index contributed by atoms with van der Waals surface area (Å²) in [4.78, 5) is 0. The first-order valence-electron chi connectivity index (χ1n) is 6.33. The van der Waals surface area contributed by atoms with Crippen molar-refractivity contribution in [3.05, 3.63) is 66.7 Å². The van der Waals surface area contributed by atoms with Gasteiger partial charge in [0, 0.05) is 12.6 Å². The van der Waals surface area contributed by atoms with E-state index >= 15 is 0 Å². The third kappa shape index (κ3) is 2.02. The molecule has 2 N–H and O–H groups in total. The van der Waals surface area contributed by atoms with Gasteiger partial charge in [0.15, 0.2) is 0 Å². The fourth-order valence-electron chi connectivity index (χ4n) is 2.47. The Morgan fingerprint density at radius 1 is 0.789 bits per heavy atom. The van der Waals surface area contributed by atoms with Gasteiger partial charge in [-0.25, -0.2) is 0 Å². The fourth-order valence-corrected chi connectivity index (χ4v) is 2.47. The Morgan fingerprint density at radius 2 is 1.32 bits per heavy atom. The van der Waals surface area contributed by atoms with Crippen molar-refractivity contribution in [2.75, 3.05) is 5.73 Å². The van der Waals surface area contributed by atoms with E-state index in [2.05, 4.69) is 35.9 Å². The molecule has 0 saturated carbocycles. The van der Waals surface area contributed by atoms with Gasteiger partial charge in [0.2, 0.25) is 0 Å². The van der Waals surface area contributed by atoms with E-state index < -0.39 is 0 Å². The van der Waals surface area contributed by atoms with Gasteiger partial charge in [-0.2, -0.15) is 0 Å². The third-order valence-corrected chi connectivity index (χ3v) is 3.38. The highest BCUT2D eigenvalue weighted by Gasteiger charge is 2.12. The topological polar surface area (TPSA) is 30.9 Å². The maximum atomic E-state index is 6.19. The Labute approximate surface area is 113 Å². The van der Waals surface area contributed by atoms with Crippen molar-refractivity contribution < 1.29 is 0 Å².